The van der Waals surface area contributed by atoms with Gasteiger partial charge < -0.3 is 10.0 Å². The van der Waals surface area contributed by atoms with E-state index in [2.05, 4.69) is 22.6 Å². The molecular weight excluding hydrogens is 345 g/mol. The fourth-order valence-electron chi connectivity index (χ4n) is 2.21. The summed E-state index contributed by atoms with van der Waals surface area (Å²) >= 11 is 2.19. The second-order valence-corrected chi connectivity index (χ2v) is 5.76. The maximum Gasteiger partial charge on any atom is 0.303 e. The van der Waals surface area contributed by atoms with Gasteiger partial charge in [-0.3, -0.25) is 9.59 Å². The number of benzene rings is 1. The molecule has 1 aromatic rings. The molecule has 0 bridgehead atoms. The van der Waals surface area contributed by atoms with Crippen molar-refractivity contribution in [3.63, 3.8) is 0 Å². The molecule has 0 saturated carbocycles. The molecule has 1 heterocycles. The van der Waals surface area contributed by atoms with Crippen LogP contribution in [0.3, 0.4) is 0 Å². The van der Waals surface area contributed by atoms with E-state index >= 15 is 0 Å². The van der Waals surface area contributed by atoms with E-state index in [1.165, 1.54) is 0 Å². The molecule has 0 aromatic heterocycles. The molecule has 0 radical (unpaired) electrons. The van der Waals surface area contributed by atoms with Crippen molar-refractivity contribution in [3.05, 3.63) is 33.4 Å². The van der Waals surface area contributed by atoms with Gasteiger partial charge in [-0.15, -0.1) is 0 Å². The summed E-state index contributed by atoms with van der Waals surface area (Å²) in [5, 5.41) is 8.74. The Morgan fingerprint density at radius 3 is 2.61 bits per heavy atom. The first-order chi connectivity index (χ1) is 8.56. The zero-order valence-electron chi connectivity index (χ0n) is 9.80. The average molecular weight is 359 g/mol. The number of hydrogen-bond donors (Lipinski definition) is 1. The minimum Gasteiger partial charge on any atom is -0.481 e. The van der Waals surface area contributed by atoms with Gasteiger partial charge in [0.2, 0.25) is 0 Å². The number of carbonyl (C=O) groups is 2. The predicted octanol–water partition coefficient (Wildman–Crippen LogP) is 2.23. The number of carboxylic acids is 1. The first kappa shape index (κ1) is 13.3. The van der Waals surface area contributed by atoms with E-state index < -0.39 is 5.97 Å². The summed E-state index contributed by atoms with van der Waals surface area (Å²) in [6, 6.07) is 7.43. The Hall–Kier alpha value is -1.11. The monoisotopic (exact) mass is 359 g/mol. The highest BCUT2D eigenvalue weighted by molar-refractivity contribution is 14.1. The van der Waals surface area contributed by atoms with E-state index in [1.54, 1.807) is 4.90 Å². The molecule has 4 nitrogen and oxygen atoms in total. The molecule has 5 heteroatoms. The summed E-state index contributed by atoms with van der Waals surface area (Å²) in [7, 11) is 0. The van der Waals surface area contributed by atoms with Crippen molar-refractivity contribution in [2.24, 2.45) is 5.92 Å². The standard InChI is InChI=1S/C13H14INO3/c14-11-3-1-10(2-4-11)13(18)15-6-5-9(8-15)7-12(16)17/h1-4,9H,5-8H2,(H,16,17). The Morgan fingerprint density at radius 1 is 1.33 bits per heavy atom. The van der Waals surface area contributed by atoms with E-state index in [-0.39, 0.29) is 18.2 Å². The number of halogens is 1. The van der Waals surface area contributed by atoms with Crippen LogP contribution in [0.15, 0.2) is 24.3 Å². The van der Waals surface area contributed by atoms with Crippen molar-refractivity contribution >= 4 is 34.5 Å². The van der Waals surface area contributed by atoms with Crippen molar-refractivity contribution < 1.29 is 14.7 Å². The molecule has 1 amide bonds. The minimum absolute atomic E-state index is 0.000659. The molecule has 18 heavy (non-hydrogen) atoms. The lowest BCUT2D eigenvalue weighted by Gasteiger charge is -2.16. The van der Waals surface area contributed by atoms with Gasteiger partial charge >= 0.3 is 5.97 Å². The molecule has 1 N–H and O–H groups in total. The smallest absolute Gasteiger partial charge is 0.303 e. The lowest BCUT2D eigenvalue weighted by Crippen LogP contribution is -2.28. The Labute approximate surface area is 119 Å². The fraction of sp³-hybridized carbons (Fsp3) is 0.385. The van der Waals surface area contributed by atoms with Crippen LogP contribution in [-0.4, -0.2) is 35.0 Å². The Kier molecular flexibility index (Phi) is 4.21. The first-order valence-electron chi connectivity index (χ1n) is 5.83. The van der Waals surface area contributed by atoms with E-state index in [1.807, 2.05) is 24.3 Å². The van der Waals surface area contributed by atoms with Gasteiger partial charge in [0.1, 0.15) is 0 Å². The minimum atomic E-state index is -0.788. The first-order valence-corrected chi connectivity index (χ1v) is 6.91. The van der Waals surface area contributed by atoms with Crippen LogP contribution in [-0.2, 0) is 4.79 Å². The maximum atomic E-state index is 12.2. The van der Waals surface area contributed by atoms with Crippen LogP contribution in [0.2, 0.25) is 0 Å². The SMILES string of the molecule is O=C(O)CC1CCN(C(=O)c2ccc(I)cc2)C1. The summed E-state index contributed by atoms with van der Waals surface area (Å²) in [5.74, 6) is -0.696. The van der Waals surface area contributed by atoms with Gasteiger partial charge in [-0.2, -0.15) is 0 Å². The number of nitrogens with zero attached hydrogens (tertiary/aromatic N) is 1. The second-order valence-electron chi connectivity index (χ2n) is 4.51. The van der Waals surface area contributed by atoms with Crippen LogP contribution in [0.4, 0.5) is 0 Å². The molecule has 0 spiro atoms. The van der Waals surface area contributed by atoms with Crippen LogP contribution in [0, 0.1) is 9.49 Å². The lowest BCUT2D eigenvalue weighted by atomic mass is 10.1. The van der Waals surface area contributed by atoms with E-state index in [0.717, 1.165) is 9.99 Å². The third kappa shape index (κ3) is 3.22. The molecule has 1 atom stereocenters. The molecule has 1 unspecified atom stereocenters. The zero-order chi connectivity index (χ0) is 13.1. The molecule has 2 rings (SSSR count). The number of carboxylic acid groups (broad SMARTS) is 1. The Bertz CT molecular complexity index is 458. The van der Waals surface area contributed by atoms with E-state index in [0.29, 0.717) is 18.7 Å². The average Bonchev–Trinajstić information content (AvgIpc) is 2.76. The molecule has 96 valence electrons. The molecular formula is C13H14INO3. The van der Waals surface area contributed by atoms with Crippen molar-refractivity contribution in [2.75, 3.05) is 13.1 Å². The van der Waals surface area contributed by atoms with Crippen molar-refractivity contribution in [3.8, 4) is 0 Å². The highest BCUT2D eigenvalue weighted by Crippen LogP contribution is 2.21. The van der Waals surface area contributed by atoms with Crippen molar-refractivity contribution in [1.29, 1.82) is 0 Å². The van der Waals surface area contributed by atoms with E-state index in [4.69, 9.17) is 5.11 Å². The number of likely N-dealkylation sites (tertiary alicyclic amines) is 1. The number of hydrogen-bond acceptors (Lipinski definition) is 2. The van der Waals surface area contributed by atoms with Gasteiger partial charge in [-0.25, -0.2) is 0 Å². The predicted molar refractivity (Wildman–Crippen MR) is 75.4 cm³/mol. The topological polar surface area (TPSA) is 57.6 Å². The van der Waals surface area contributed by atoms with Crippen molar-refractivity contribution in [2.45, 2.75) is 12.8 Å². The molecule has 1 fully saturated rings. The molecule has 0 aliphatic carbocycles. The van der Waals surface area contributed by atoms with Crippen LogP contribution in [0.25, 0.3) is 0 Å². The van der Waals surface area contributed by atoms with E-state index in [9.17, 15) is 9.59 Å². The second kappa shape index (κ2) is 5.69. The number of rotatable bonds is 3. The van der Waals surface area contributed by atoms with Gasteiger partial charge in [0, 0.05) is 28.6 Å². The third-order valence-corrected chi connectivity index (χ3v) is 3.85. The summed E-state index contributed by atoms with van der Waals surface area (Å²) in [5.41, 5.74) is 0.673. The fourth-order valence-corrected chi connectivity index (χ4v) is 2.57. The molecule has 1 saturated heterocycles. The normalized spacial score (nSPS) is 18.9. The van der Waals surface area contributed by atoms with Crippen LogP contribution >= 0.6 is 22.6 Å². The Balaban J connectivity index is 1.99. The third-order valence-electron chi connectivity index (χ3n) is 3.13. The van der Waals surface area contributed by atoms with Crippen molar-refractivity contribution in [1.82, 2.24) is 4.90 Å². The quantitative estimate of drug-likeness (QED) is 0.843. The summed E-state index contributed by atoms with van der Waals surface area (Å²) < 4.78 is 1.09. The van der Waals surface area contributed by atoms with Gasteiger partial charge in [0.05, 0.1) is 0 Å². The summed E-state index contributed by atoms with van der Waals surface area (Å²) in [6.45, 7) is 1.21. The molecule has 1 aromatic carbocycles. The van der Waals surface area contributed by atoms with Gasteiger partial charge in [0.15, 0.2) is 0 Å². The van der Waals surface area contributed by atoms with Gasteiger partial charge in [0.25, 0.3) is 5.91 Å². The van der Waals surface area contributed by atoms with Crippen LogP contribution in [0.1, 0.15) is 23.2 Å². The Morgan fingerprint density at radius 2 is 2.00 bits per heavy atom. The molecule has 1 aliphatic rings. The highest BCUT2D eigenvalue weighted by atomic mass is 127. The highest BCUT2D eigenvalue weighted by Gasteiger charge is 2.28. The maximum absolute atomic E-state index is 12.2. The zero-order valence-corrected chi connectivity index (χ0v) is 12.0. The summed E-state index contributed by atoms with van der Waals surface area (Å²) in [6.07, 6.45) is 0.929. The molecule has 1 aliphatic heterocycles. The number of amides is 1. The largest absolute Gasteiger partial charge is 0.481 e. The van der Waals surface area contributed by atoms with Crippen LogP contribution in [0.5, 0.6) is 0 Å². The van der Waals surface area contributed by atoms with Gasteiger partial charge in [-0.05, 0) is 59.2 Å². The number of aliphatic carboxylic acids is 1. The van der Waals surface area contributed by atoms with Crippen LogP contribution < -0.4 is 0 Å². The summed E-state index contributed by atoms with van der Waals surface area (Å²) in [4.78, 5) is 24.5. The lowest BCUT2D eigenvalue weighted by molar-refractivity contribution is -0.138. The van der Waals surface area contributed by atoms with Gasteiger partial charge in [-0.1, -0.05) is 0 Å². The number of carbonyl (C=O) groups excluding carboxylic acids is 1.